The minimum absolute atomic E-state index is 0.179. The summed E-state index contributed by atoms with van der Waals surface area (Å²) < 4.78 is 5.21. The molecular formula is C13H12Cl2N2O2. The summed E-state index contributed by atoms with van der Waals surface area (Å²) in [6.07, 6.45) is 1.58. The minimum atomic E-state index is -0.238. The molecule has 1 aromatic heterocycles. The number of benzene rings is 1. The molecule has 0 radical (unpaired) electrons. The Bertz CT molecular complexity index is 574. The van der Waals surface area contributed by atoms with Crippen molar-refractivity contribution >= 4 is 23.2 Å². The minimum Gasteiger partial charge on any atom is -0.393 e. The Labute approximate surface area is 120 Å². The molecule has 1 aromatic carbocycles. The molecular weight excluding hydrogens is 287 g/mol. The Balaban J connectivity index is 1.77. The van der Waals surface area contributed by atoms with E-state index in [-0.39, 0.29) is 12.0 Å². The molecule has 0 amide bonds. The number of aromatic nitrogens is 2. The summed E-state index contributed by atoms with van der Waals surface area (Å²) in [5, 5.41) is 14.4. The van der Waals surface area contributed by atoms with Gasteiger partial charge in [-0.3, -0.25) is 0 Å². The van der Waals surface area contributed by atoms with Gasteiger partial charge in [0, 0.05) is 22.4 Å². The molecule has 2 aromatic rings. The summed E-state index contributed by atoms with van der Waals surface area (Å²) >= 11 is 12.2. The topological polar surface area (TPSA) is 59.2 Å². The van der Waals surface area contributed by atoms with Crippen molar-refractivity contribution in [2.24, 2.45) is 0 Å². The third-order valence-corrected chi connectivity index (χ3v) is 4.05. The van der Waals surface area contributed by atoms with Crippen LogP contribution in [0.25, 0.3) is 0 Å². The first kappa shape index (κ1) is 12.9. The van der Waals surface area contributed by atoms with Gasteiger partial charge in [-0.1, -0.05) is 34.4 Å². The van der Waals surface area contributed by atoms with Gasteiger partial charge in [0.2, 0.25) is 5.89 Å². The van der Waals surface area contributed by atoms with Crippen LogP contribution >= 0.6 is 23.2 Å². The van der Waals surface area contributed by atoms with Crippen LogP contribution in [0, 0.1) is 0 Å². The Morgan fingerprint density at radius 3 is 2.58 bits per heavy atom. The van der Waals surface area contributed by atoms with Gasteiger partial charge in [-0.05, 0) is 30.5 Å². The van der Waals surface area contributed by atoms with E-state index in [9.17, 15) is 5.11 Å². The number of aliphatic hydroxyl groups excluding tert-OH is 1. The SMILES string of the molecule is OC1CC(c2nc(Cc3c(Cl)cccc3Cl)no2)C1. The molecule has 0 aliphatic heterocycles. The molecule has 0 atom stereocenters. The van der Waals surface area contributed by atoms with Crippen LogP contribution in [0.4, 0.5) is 0 Å². The number of rotatable bonds is 3. The molecule has 1 heterocycles. The maximum atomic E-state index is 9.27. The van der Waals surface area contributed by atoms with Crippen molar-refractivity contribution in [3.05, 3.63) is 45.5 Å². The Morgan fingerprint density at radius 1 is 1.26 bits per heavy atom. The lowest BCUT2D eigenvalue weighted by molar-refractivity contribution is 0.0625. The zero-order chi connectivity index (χ0) is 13.4. The molecule has 1 aliphatic carbocycles. The number of aliphatic hydroxyl groups is 1. The van der Waals surface area contributed by atoms with E-state index in [0.29, 0.717) is 41.0 Å². The monoisotopic (exact) mass is 298 g/mol. The fourth-order valence-electron chi connectivity index (χ4n) is 2.15. The lowest BCUT2D eigenvalue weighted by Gasteiger charge is -2.27. The van der Waals surface area contributed by atoms with Crippen molar-refractivity contribution in [3.8, 4) is 0 Å². The van der Waals surface area contributed by atoms with E-state index in [1.54, 1.807) is 18.2 Å². The van der Waals surface area contributed by atoms with Crippen molar-refractivity contribution in [1.29, 1.82) is 0 Å². The largest absolute Gasteiger partial charge is 0.393 e. The van der Waals surface area contributed by atoms with Crippen LogP contribution in [0.1, 0.15) is 36.0 Å². The number of nitrogens with zero attached hydrogens (tertiary/aromatic N) is 2. The maximum Gasteiger partial charge on any atom is 0.229 e. The highest BCUT2D eigenvalue weighted by Gasteiger charge is 2.33. The van der Waals surface area contributed by atoms with Gasteiger partial charge in [0.25, 0.3) is 0 Å². The average molecular weight is 299 g/mol. The predicted molar refractivity (Wildman–Crippen MR) is 71.5 cm³/mol. The molecule has 1 saturated carbocycles. The van der Waals surface area contributed by atoms with Gasteiger partial charge in [-0.2, -0.15) is 4.98 Å². The molecule has 0 saturated heterocycles. The van der Waals surface area contributed by atoms with Crippen LogP contribution in [0.2, 0.25) is 10.0 Å². The maximum absolute atomic E-state index is 9.27. The number of hydrogen-bond donors (Lipinski definition) is 1. The Hall–Kier alpha value is -1.10. The normalized spacial score (nSPS) is 22.3. The van der Waals surface area contributed by atoms with Crippen LogP contribution in [0.3, 0.4) is 0 Å². The van der Waals surface area contributed by atoms with E-state index >= 15 is 0 Å². The van der Waals surface area contributed by atoms with Crippen molar-refractivity contribution < 1.29 is 9.63 Å². The predicted octanol–water partition coefficient (Wildman–Crippen LogP) is 3.21. The van der Waals surface area contributed by atoms with Gasteiger partial charge < -0.3 is 9.63 Å². The first-order valence-electron chi connectivity index (χ1n) is 6.07. The van der Waals surface area contributed by atoms with Gasteiger partial charge in [0.15, 0.2) is 5.82 Å². The van der Waals surface area contributed by atoms with E-state index in [2.05, 4.69) is 10.1 Å². The van der Waals surface area contributed by atoms with E-state index in [0.717, 1.165) is 5.56 Å². The first-order chi connectivity index (χ1) is 9.13. The van der Waals surface area contributed by atoms with Crippen LogP contribution in [0.15, 0.2) is 22.7 Å². The lowest BCUT2D eigenvalue weighted by Crippen LogP contribution is -2.26. The van der Waals surface area contributed by atoms with E-state index in [1.807, 2.05) is 0 Å². The second-order valence-electron chi connectivity index (χ2n) is 4.75. The van der Waals surface area contributed by atoms with Gasteiger partial charge in [0.05, 0.1) is 6.10 Å². The van der Waals surface area contributed by atoms with Gasteiger partial charge in [-0.15, -0.1) is 0 Å². The number of hydrogen-bond acceptors (Lipinski definition) is 4. The standard InChI is InChI=1S/C13H12Cl2N2O2/c14-10-2-1-3-11(15)9(10)6-12-16-13(19-17-12)7-4-8(18)5-7/h1-3,7-8,18H,4-6H2. The third-order valence-electron chi connectivity index (χ3n) is 3.34. The summed E-state index contributed by atoms with van der Waals surface area (Å²) in [5.41, 5.74) is 0.798. The second-order valence-corrected chi connectivity index (χ2v) is 5.56. The van der Waals surface area contributed by atoms with E-state index < -0.39 is 0 Å². The molecule has 3 rings (SSSR count). The summed E-state index contributed by atoms with van der Waals surface area (Å²) in [6.45, 7) is 0. The van der Waals surface area contributed by atoms with Gasteiger partial charge in [0.1, 0.15) is 0 Å². The Kier molecular flexibility index (Phi) is 3.48. The van der Waals surface area contributed by atoms with Crippen LogP contribution in [-0.2, 0) is 6.42 Å². The zero-order valence-corrected chi connectivity index (χ0v) is 11.5. The molecule has 100 valence electrons. The third kappa shape index (κ3) is 2.61. The molecule has 0 unspecified atom stereocenters. The Morgan fingerprint density at radius 2 is 1.95 bits per heavy atom. The van der Waals surface area contributed by atoms with Gasteiger partial charge in [-0.25, -0.2) is 0 Å². The van der Waals surface area contributed by atoms with Crippen molar-refractivity contribution in [1.82, 2.24) is 10.1 Å². The highest BCUT2D eigenvalue weighted by Crippen LogP contribution is 2.36. The molecule has 19 heavy (non-hydrogen) atoms. The highest BCUT2D eigenvalue weighted by molar-refractivity contribution is 6.36. The van der Waals surface area contributed by atoms with Crippen molar-refractivity contribution in [2.75, 3.05) is 0 Å². The molecule has 1 N–H and O–H groups in total. The summed E-state index contributed by atoms with van der Waals surface area (Å²) in [4.78, 5) is 4.34. The van der Waals surface area contributed by atoms with E-state index in [1.165, 1.54) is 0 Å². The molecule has 1 fully saturated rings. The lowest BCUT2D eigenvalue weighted by atomic mass is 9.82. The van der Waals surface area contributed by atoms with E-state index in [4.69, 9.17) is 27.7 Å². The zero-order valence-electron chi connectivity index (χ0n) is 10.0. The quantitative estimate of drug-likeness (QED) is 0.945. The summed E-state index contributed by atoms with van der Waals surface area (Å²) in [6, 6.07) is 5.36. The van der Waals surface area contributed by atoms with Crippen molar-refractivity contribution in [2.45, 2.75) is 31.3 Å². The molecule has 6 heteroatoms. The first-order valence-corrected chi connectivity index (χ1v) is 6.82. The summed E-state index contributed by atoms with van der Waals surface area (Å²) in [5.74, 6) is 1.33. The van der Waals surface area contributed by atoms with Crippen LogP contribution in [0.5, 0.6) is 0 Å². The van der Waals surface area contributed by atoms with Gasteiger partial charge >= 0.3 is 0 Å². The van der Waals surface area contributed by atoms with Crippen molar-refractivity contribution in [3.63, 3.8) is 0 Å². The molecule has 0 bridgehead atoms. The number of halogens is 2. The molecule has 4 nitrogen and oxygen atoms in total. The fraction of sp³-hybridized carbons (Fsp3) is 0.385. The molecule has 1 aliphatic rings. The summed E-state index contributed by atoms with van der Waals surface area (Å²) in [7, 11) is 0. The highest BCUT2D eigenvalue weighted by atomic mass is 35.5. The van der Waals surface area contributed by atoms with Crippen LogP contribution < -0.4 is 0 Å². The fourth-order valence-corrected chi connectivity index (χ4v) is 2.68. The smallest absolute Gasteiger partial charge is 0.229 e. The van der Waals surface area contributed by atoms with Crippen LogP contribution in [-0.4, -0.2) is 21.4 Å². The second kappa shape index (κ2) is 5.12. The average Bonchev–Trinajstić information content (AvgIpc) is 2.78. The molecule has 0 spiro atoms.